The average molecular weight is 477 g/mol. The third-order valence-corrected chi connectivity index (χ3v) is 7.34. The maximum atomic E-state index is 13.7. The molecule has 5 nitrogen and oxygen atoms in total. The van der Waals surface area contributed by atoms with E-state index in [4.69, 9.17) is 9.73 Å². The van der Waals surface area contributed by atoms with Gasteiger partial charge < -0.3 is 9.84 Å². The number of phenols is 1. The molecule has 34 heavy (non-hydrogen) atoms. The van der Waals surface area contributed by atoms with Gasteiger partial charge in [0.1, 0.15) is 0 Å². The van der Waals surface area contributed by atoms with E-state index in [1.807, 2.05) is 54.3 Å². The van der Waals surface area contributed by atoms with Gasteiger partial charge in [-0.25, -0.2) is 4.99 Å². The minimum absolute atomic E-state index is 0.00487. The molecule has 1 aliphatic carbocycles. The molecule has 0 radical (unpaired) electrons. The van der Waals surface area contributed by atoms with Gasteiger partial charge in [-0.15, -0.1) is 6.58 Å². The van der Waals surface area contributed by atoms with Gasteiger partial charge >= 0.3 is 0 Å². The van der Waals surface area contributed by atoms with Gasteiger partial charge in [0.05, 0.1) is 17.2 Å². The van der Waals surface area contributed by atoms with Crippen LogP contribution in [0.15, 0.2) is 65.0 Å². The molecule has 178 valence electrons. The Morgan fingerprint density at radius 3 is 2.71 bits per heavy atom. The monoisotopic (exact) mass is 476 g/mol. The van der Waals surface area contributed by atoms with Gasteiger partial charge in [0.15, 0.2) is 16.7 Å². The highest BCUT2D eigenvalue weighted by Crippen LogP contribution is 2.41. The Morgan fingerprint density at radius 1 is 1.24 bits per heavy atom. The maximum Gasteiger partial charge on any atom is 0.267 e. The highest BCUT2D eigenvalue weighted by molar-refractivity contribution is 8.18. The molecule has 4 rings (SSSR count). The van der Waals surface area contributed by atoms with Gasteiger partial charge in [-0.1, -0.05) is 44.0 Å². The summed E-state index contributed by atoms with van der Waals surface area (Å²) in [4.78, 5) is 21.1. The molecule has 0 unspecified atom stereocenters. The smallest absolute Gasteiger partial charge is 0.267 e. The van der Waals surface area contributed by atoms with E-state index in [0.717, 1.165) is 41.2 Å². The molecule has 0 bridgehead atoms. The number of thioether (sulfide) groups is 1. The Hall–Kier alpha value is -2.99. The number of hydrogen-bond acceptors (Lipinski definition) is 5. The van der Waals surface area contributed by atoms with Gasteiger partial charge in [0, 0.05) is 11.6 Å². The second-order valence-electron chi connectivity index (χ2n) is 8.80. The molecule has 2 aromatic carbocycles. The number of ether oxygens (including phenoxy) is 1. The first-order valence-corrected chi connectivity index (χ1v) is 12.8. The zero-order chi connectivity index (χ0) is 24.1. The van der Waals surface area contributed by atoms with E-state index in [0.29, 0.717) is 29.6 Å². The molecule has 1 amide bonds. The maximum absolute atomic E-state index is 13.7. The number of amidine groups is 1. The van der Waals surface area contributed by atoms with E-state index < -0.39 is 0 Å². The number of allylic oxidation sites excluding steroid dienone is 1. The SMILES string of the molecule is C=CCc1cc(/C=C2\SC(=Nc3ccccc3)N([C@H]3CCCC[C@@H]3C)C2=O)cc(OCC)c1O. The zero-order valence-electron chi connectivity index (χ0n) is 19.9. The number of para-hydroxylation sites is 1. The third-order valence-electron chi connectivity index (χ3n) is 6.35. The molecule has 2 aromatic rings. The first-order chi connectivity index (χ1) is 16.5. The minimum atomic E-state index is -0.00487. The number of aliphatic imine (C=N–C) groups is 1. The summed E-state index contributed by atoms with van der Waals surface area (Å²) in [6, 6.07) is 13.6. The van der Waals surface area contributed by atoms with Crippen LogP contribution in [0.2, 0.25) is 0 Å². The van der Waals surface area contributed by atoms with Crippen LogP contribution >= 0.6 is 11.8 Å². The molecule has 1 saturated heterocycles. The van der Waals surface area contributed by atoms with Gasteiger partial charge in [0.2, 0.25) is 0 Å². The Morgan fingerprint density at radius 2 is 2.00 bits per heavy atom. The number of carbonyl (C=O) groups is 1. The molecule has 1 saturated carbocycles. The Bertz CT molecular complexity index is 1110. The van der Waals surface area contributed by atoms with Crippen LogP contribution in [0.3, 0.4) is 0 Å². The minimum Gasteiger partial charge on any atom is -0.504 e. The molecular formula is C28H32N2O3S. The predicted molar refractivity (Wildman–Crippen MR) is 141 cm³/mol. The number of phenolic OH excluding ortho intramolecular Hbond substituents is 1. The van der Waals surface area contributed by atoms with E-state index in [2.05, 4.69) is 13.5 Å². The van der Waals surface area contributed by atoms with Gasteiger partial charge in [0.25, 0.3) is 5.91 Å². The molecule has 2 fully saturated rings. The second kappa shape index (κ2) is 11.0. The quantitative estimate of drug-likeness (QED) is 0.357. The highest BCUT2D eigenvalue weighted by atomic mass is 32.2. The van der Waals surface area contributed by atoms with Crippen molar-refractivity contribution < 1.29 is 14.6 Å². The molecule has 0 spiro atoms. The average Bonchev–Trinajstić information content (AvgIpc) is 3.12. The summed E-state index contributed by atoms with van der Waals surface area (Å²) in [7, 11) is 0. The lowest BCUT2D eigenvalue weighted by atomic mass is 9.85. The van der Waals surface area contributed by atoms with Crippen molar-refractivity contribution in [2.24, 2.45) is 10.9 Å². The number of benzene rings is 2. The molecule has 6 heteroatoms. The van der Waals surface area contributed by atoms with Crippen molar-refractivity contribution in [2.75, 3.05) is 6.61 Å². The van der Waals surface area contributed by atoms with Crippen LogP contribution in [0.4, 0.5) is 5.69 Å². The third kappa shape index (κ3) is 5.22. The molecular weight excluding hydrogens is 444 g/mol. The van der Waals surface area contributed by atoms with Gasteiger partial charge in [-0.2, -0.15) is 0 Å². The number of rotatable bonds is 7. The highest BCUT2D eigenvalue weighted by Gasteiger charge is 2.41. The summed E-state index contributed by atoms with van der Waals surface area (Å²) in [6.07, 6.45) is 8.59. The van der Waals surface area contributed by atoms with Gasteiger partial charge in [-0.3, -0.25) is 9.69 Å². The summed E-state index contributed by atoms with van der Waals surface area (Å²) >= 11 is 1.42. The van der Waals surface area contributed by atoms with E-state index in [1.165, 1.54) is 18.2 Å². The normalized spacial score (nSPS) is 23.0. The van der Waals surface area contributed by atoms with Crippen molar-refractivity contribution in [3.63, 3.8) is 0 Å². The largest absolute Gasteiger partial charge is 0.504 e. The zero-order valence-corrected chi connectivity index (χ0v) is 20.7. The molecule has 1 aliphatic heterocycles. The number of amides is 1. The Labute approximate surface area is 206 Å². The van der Waals surface area contributed by atoms with Crippen molar-refractivity contribution in [1.29, 1.82) is 0 Å². The van der Waals surface area contributed by atoms with Crippen molar-refractivity contribution in [1.82, 2.24) is 4.90 Å². The molecule has 2 atom stereocenters. The van der Waals surface area contributed by atoms with Gasteiger partial charge in [-0.05, 0) is 79.8 Å². The summed E-state index contributed by atoms with van der Waals surface area (Å²) < 4.78 is 5.65. The Kier molecular flexibility index (Phi) is 7.78. The number of aromatic hydroxyl groups is 1. The van der Waals surface area contributed by atoms with Crippen LogP contribution in [-0.4, -0.2) is 33.7 Å². The standard InChI is InChI=1S/C28H32N2O3S/c1-4-11-21-16-20(17-24(26(21)31)33-5-2)18-25-27(32)30(23-15-10-9-12-19(23)3)28(34-25)29-22-13-7-6-8-14-22/h4,6-8,13-14,16-19,23,31H,1,5,9-12,15H2,2-3H3/b25-18-,29-28?/t19-,23-/m0/s1. The van der Waals surface area contributed by atoms with Crippen molar-refractivity contribution >= 4 is 34.6 Å². The fourth-order valence-electron chi connectivity index (χ4n) is 4.65. The van der Waals surface area contributed by atoms with Crippen molar-refractivity contribution in [3.05, 3.63) is 71.2 Å². The predicted octanol–water partition coefficient (Wildman–Crippen LogP) is 6.70. The lowest BCUT2D eigenvalue weighted by molar-refractivity contribution is -0.124. The summed E-state index contributed by atoms with van der Waals surface area (Å²) in [5.41, 5.74) is 2.37. The van der Waals surface area contributed by atoms with E-state index in [-0.39, 0.29) is 17.7 Å². The van der Waals surface area contributed by atoms with E-state index in [1.54, 1.807) is 12.1 Å². The van der Waals surface area contributed by atoms with Crippen LogP contribution in [0.5, 0.6) is 11.5 Å². The lowest BCUT2D eigenvalue weighted by Crippen LogP contribution is -2.44. The molecule has 1 heterocycles. The molecule has 1 N–H and O–H groups in total. The first kappa shape index (κ1) is 24.1. The van der Waals surface area contributed by atoms with Crippen LogP contribution in [0.1, 0.15) is 50.7 Å². The molecule has 2 aliphatic rings. The number of hydrogen-bond donors (Lipinski definition) is 1. The Balaban J connectivity index is 1.74. The van der Waals surface area contributed by atoms with E-state index >= 15 is 0 Å². The first-order valence-electron chi connectivity index (χ1n) is 12.0. The number of carbonyl (C=O) groups excluding carboxylic acids is 1. The van der Waals surface area contributed by atoms with Crippen molar-refractivity contribution in [3.8, 4) is 11.5 Å². The topological polar surface area (TPSA) is 62.1 Å². The number of nitrogens with zero attached hydrogens (tertiary/aromatic N) is 2. The van der Waals surface area contributed by atoms with Crippen LogP contribution in [-0.2, 0) is 11.2 Å². The van der Waals surface area contributed by atoms with Crippen LogP contribution in [0.25, 0.3) is 6.08 Å². The van der Waals surface area contributed by atoms with Crippen LogP contribution < -0.4 is 4.74 Å². The van der Waals surface area contributed by atoms with E-state index in [9.17, 15) is 9.90 Å². The summed E-state index contributed by atoms with van der Waals surface area (Å²) in [5, 5.41) is 11.3. The summed E-state index contributed by atoms with van der Waals surface area (Å²) in [6.45, 7) is 8.34. The molecule has 0 aromatic heterocycles. The van der Waals surface area contributed by atoms with Crippen molar-refractivity contribution in [2.45, 2.75) is 52.0 Å². The second-order valence-corrected chi connectivity index (χ2v) is 9.81. The van der Waals surface area contributed by atoms with Crippen LogP contribution in [0, 0.1) is 5.92 Å². The lowest BCUT2D eigenvalue weighted by Gasteiger charge is -2.35. The fourth-order valence-corrected chi connectivity index (χ4v) is 5.70. The fraction of sp³-hybridized carbons (Fsp3) is 0.357. The summed E-state index contributed by atoms with van der Waals surface area (Å²) in [5.74, 6) is 0.962.